The fourth-order valence-electron chi connectivity index (χ4n) is 4.34. The lowest BCUT2D eigenvalue weighted by Crippen LogP contribution is -2.54. The predicted octanol–water partition coefficient (Wildman–Crippen LogP) is 2.24. The molecule has 1 N–H and O–H groups in total. The van der Waals surface area contributed by atoms with Crippen LogP contribution in [0.3, 0.4) is 0 Å². The largest absolute Gasteiger partial charge is 0.497 e. The van der Waals surface area contributed by atoms with Gasteiger partial charge in [-0.1, -0.05) is 6.92 Å². The Labute approximate surface area is 162 Å². The average molecular weight is 376 g/mol. The second-order valence-electron chi connectivity index (χ2n) is 8.20. The van der Waals surface area contributed by atoms with Crippen molar-refractivity contribution in [2.24, 2.45) is 0 Å². The molecule has 1 amide bonds. The molecule has 6 nitrogen and oxygen atoms in total. The van der Waals surface area contributed by atoms with Crippen molar-refractivity contribution in [2.75, 3.05) is 57.9 Å². The normalized spacial score (nSPS) is 22.4. The first-order valence-corrected chi connectivity index (χ1v) is 9.94. The lowest BCUT2D eigenvalue weighted by atomic mass is 9.80. The van der Waals surface area contributed by atoms with E-state index in [1.807, 2.05) is 17.0 Å². The Hall–Kier alpha value is -1.63. The average Bonchev–Trinajstić information content (AvgIpc) is 2.65. The van der Waals surface area contributed by atoms with E-state index in [2.05, 4.69) is 37.1 Å². The molecule has 1 fully saturated rings. The first kappa shape index (κ1) is 20.1. The third-order valence-electron chi connectivity index (χ3n) is 5.65. The summed E-state index contributed by atoms with van der Waals surface area (Å²) in [5.41, 5.74) is 2.00. The highest BCUT2D eigenvalue weighted by molar-refractivity contribution is 5.97. The van der Waals surface area contributed by atoms with Crippen LogP contribution in [0.25, 0.3) is 0 Å². The van der Waals surface area contributed by atoms with Crippen LogP contribution in [-0.4, -0.2) is 69.4 Å². The highest BCUT2D eigenvalue weighted by Crippen LogP contribution is 2.44. The van der Waals surface area contributed by atoms with Gasteiger partial charge in [0.25, 0.3) is 0 Å². The summed E-state index contributed by atoms with van der Waals surface area (Å²) in [6.07, 6.45) is 0.937. The smallest absolute Gasteiger partial charge is 0.241 e. The molecule has 1 saturated heterocycles. The van der Waals surface area contributed by atoms with Crippen molar-refractivity contribution in [1.29, 1.82) is 0 Å². The number of anilines is 1. The van der Waals surface area contributed by atoms with E-state index in [0.717, 1.165) is 57.3 Å². The molecule has 3 rings (SSSR count). The van der Waals surface area contributed by atoms with Crippen LogP contribution in [0.4, 0.5) is 5.69 Å². The molecule has 0 aromatic heterocycles. The van der Waals surface area contributed by atoms with Gasteiger partial charge in [-0.3, -0.25) is 9.69 Å². The maximum atomic E-state index is 13.1. The van der Waals surface area contributed by atoms with Gasteiger partial charge in [0.05, 0.1) is 26.9 Å². The number of hydrogen-bond acceptors (Lipinski definition) is 5. The predicted molar refractivity (Wildman–Crippen MR) is 108 cm³/mol. The Bertz CT molecular complexity index is 656. The molecule has 0 saturated carbocycles. The van der Waals surface area contributed by atoms with Crippen molar-refractivity contribution in [3.05, 3.63) is 23.8 Å². The number of nitrogens with one attached hydrogen (secondary N) is 1. The van der Waals surface area contributed by atoms with Gasteiger partial charge in [0.2, 0.25) is 5.91 Å². The number of morpholine rings is 1. The Kier molecular flexibility index (Phi) is 6.40. The topological polar surface area (TPSA) is 54.0 Å². The van der Waals surface area contributed by atoms with Gasteiger partial charge in [0.15, 0.2) is 0 Å². The van der Waals surface area contributed by atoms with Crippen molar-refractivity contribution < 1.29 is 14.3 Å². The number of rotatable bonds is 6. The number of nitrogens with zero attached hydrogens (tertiary/aromatic N) is 2. The Morgan fingerprint density at radius 2 is 2.07 bits per heavy atom. The molecule has 27 heavy (non-hydrogen) atoms. The standard InChI is InChI=1S/C21H33N3O3/c1-16-14-21(2,3)24(19-6-5-17(26-4)13-18(16)19)20(25)15-22-7-8-23-9-11-27-12-10-23/h5-6,13,16,22H,7-12,14-15H2,1-4H3. The third-order valence-corrected chi connectivity index (χ3v) is 5.65. The quantitative estimate of drug-likeness (QED) is 0.773. The zero-order valence-electron chi connectivity index (χ0n) is 17.1. The maximum absolute atomic E-state index is 13.1. The number of methoxy groups -OCH3 is 1. The van der Waals surface area contributed by atoms with Gasteiger partial charge in [0.1, 0.15) is 5.75 Å². The van der Waals surface area contributed by atoms with E-state index in [1.165, 1.54) is 5.56 Å². The van der Waals surface area contributed by atoms with Gasteiger partial charge >= 0.3 is 0 Å². The fourth-order valence-corrected chi connectivity index (χ4v) is 4.34. The van der Waals surface area contributed by atoms with E-state index in [1.54, 1.807) is 7.11 Å². The lowest BCUT2D eigenvalue weighted by Gasteiger charge is -2.46. The van der Waals surface area contributed by atoms with Gasteiger partial charge in [-0.2, -0.15) is 0 Å². The van der Waals surface area contributed by atoms with Crippen LogP contribution in [0.1, 0.15) is 38.7 Å². The molecule has 1 aromatic rings. The summed E-state index contributed by atoms with van der Waals surface area (Å²) >= 11 is 0. The Balaban J connectivity index is 1.64. The molecule has 0 spiro atoms. The molecule has 2 aliphatic rings. The molecular formula is C21H33N3O3. The highest BCUT2D eigenvalue weighted by atomic mass is 16.5. The molecule has 0 radical (unpaired) electrons. The van der Waals surface area contributed by atoms with E-state index < -0.39 is 0 Å². The monoisotopic (exact) mass is 375 g/mol. The maximum Gasteiger partial charge on any atom is 0.241 e. The molecule has 1 unspecified atom stereocenters. The molecule has 1 aromatic carbocycles. The van der Waals surface area contributed by atoms with Crippen LogP contribution in [0.5, 0.6) is 5.75 Å². The summed E-state index contributed by atoms with van der Waals surface area (Å²) in [7, 11) is 1.68. The van der Waals surface area contributed by atoms with E-state index in [0.29, 0.717) is 12.5 Å². The van der Waals surface area contributed by atoms with Gasteiger partial charge in [0, 0.05) is 37.4 Å². The zero-order valence-corrected chi connectivity index (χ0v) is 17.1. The molecule has 1 atom stereocenters. The summed E-state index contributed by atoms with van der Waals surface area (Å²) in [6, 6.07) is 6.04. The van der Waals surface area contributed by atoms with Crippen LogP contribution < -0.4 is 15.0 Å². The minimum absolute atomic E-state index is 0.125. The molecule has 2 aliphatic heterocycles. The summed E-state index contributed by atoms with van der Waals surface area (Å²) in [6.45, 7) is 12.2. The number of amides is 1. The number of benzene rings is 1. The van der Waals surface area contributed by atoms with Crippen molar-refractivity contribution in [2.45, 2.75) is 38.6 Å². The van der Waals surface area contributed by atoms with Gasteiger partial charge in [-0.15, -0.1) is 0 Å². The first-order valence-electron chi connectivity index (χ1n) is 9.94. The molecule has 150 valence electrons. The van der Waals surface area contributed by atoms with Crippen LogP contribution in [0.2, 0.25) is 0 Å². The molecular weight excluding hydrogens is 342 g/mol. The first-order chi connectivity index (χ1) is 12.9. The van der Waals surface area contributed by atoms with Crippen LogP contribution in [0.15, 0.2) is 18.2 Å². The summed E-state index contributed by atoms with van der Waals surface area (Å²) in [4.78, 5) is 17.4. The highest BCUT2D eigenvalue weighted by Gasteiger charge is 2.39. The summed E-state index contributed by atoms with van der Waals surface area (Å²) in [5, 5.41) is 3.33. The number of carbonyl (C=O) groups is 1. The molecule has 2 heterocycles. The number of fused-ring (bicyclic) bond motifs is 1. The summed E-state index contributed by atoms with van der Waals surface area (Å²) in [5.74, 6) is 1.36. The van der Waals surface area contributed by atoms with Crippen molar-refractivity contribution in [1.82, 2.24) is 10.2 Å². The van der Waals surface area contributed by atoms with Crippen LogP contribution >= 0.6 is 0 Å². The van der Waals surface area contributed by atoms with Crippen LogP contribution in [0, 0.1) is 0 Å². The Morgan fingerprint density at radius 3 is 2.78 bits per heavy atom. The lowest BCUT2D eigenvalue weighted by molar-refractivity contribution is -0.119. The van der Waals surface area contributed by atoms with Gasteiger partial charge < -0.3 is 19.7 Å². The van der Waals surface area contributed by atoms with E-state index in [4.69, 9.17) is 9.47 Å². The van der Waals surface area contributed by atoms with Crippen molar-refractivity contribution >= 4 is 11.6 Å². The molecule has 6 heteroatoms. The SMILES string of the molecule is COc1ccc2c(c1)C(C)CC(C)(C)N2C(=O)CNCCN1CCOCC1. The molecule has 0 bridgehead atoms. The zero-order chi connectivity index (χ0) is 19.4. The third kappa shape index (κ3) is 4.62. The van der Waals surface area contributed by atoms with Gasteiger partial charge in [-0.05, 0) is 49.9 Å². The Morgan fingerprint density at radius 1 is 1.33 bits per heavy atom. The van der Waals surface area contributed by atoms with E-state index in [-0.39, 0.29) is 11.4 Å². The number of ether oxygens (including phenoxy) is 2. The van der Waals surface area contributed by atoms with Crippen LogP contribution in [-0.2, 0) is 9.53 Å². The van der Waals surface area contributed by atoms with Crippen molar-refractivity contribution in [3.8, 4) is 5.75 Å². The van der Waals surface area contributed by atoms with E-state index >= 15 is 0 Å². The number of hydrogen-bond donors (Lipinski definition) is 1. The van der Waals surface area contributed by atoms with Crippen molar-refractivity contribution in [3.63, 3.8) is 0 Å². The second kappa shape index (κ2) is 8.59. The van der Waals surface area contributed by atoms with E-state index in [9.17, 15) is 4.79 Å². The van der Waals surface area contributed by atoms with Gasteiger partial charge in [-0.25, -0.2) is 0 Å². The fraction of sp³-hybridized carbons (Fsp3) is 0.667. The second-order valence-corrected chi connectivity index (χ2v) is 8.20. The molecule has 0 aliphatic carbocycles. The summed E-state index contributed by atoms with van der Waals surface area (Å²) < 4.78 is 10.8. The number of carbonyl (C=O) groups excluding carboxylic acids is 1. The minimum atomic E-state index is -0.204. The minimum Gasteiger partial charge on any atom is -0.497 e.